The molecule has 8 aromatic carbocycles. The van der Waals surface area contributed by atoms with Gasteiger partial charge in [-0.2, -0.15) is 5.26 Å². The first-order valence-electron chi connectivity index (χ1n) is 20.7. The lowest BCUT2D eigenvalue weighted by atomic mass is 9.74. The van der Waals surface area contributed by atoms with Crippen molar-refractivity contribution >= 4 is 33.2 Å². The van der Waals surface area contributed by atoms with Gasteiger partial charge in [0.2, 0.25) is 0 Å². The van der Waals surface area contributed by atoms with Gasteiger partial charge in [-0.05, 0) is 52.6 Å². The van der Waals surface area contributed by atoms with Crippen molar-refractivity contribution in [2.75, 3.05) is 5.32 Å². The minimum atomic E-state index is -0.209. The molecule has 0 unspecified atom stereocenters. The fraction of sp³-hybridized carbons (Fsp3) is 0.0536. The van der Waals surface area contributed by atoms with E-state index in [1.807, 2.05) is 60.7 Å². The Morgan fingerprint density at radius 2 is 1.02 bits per heavy atom. The second kappa shape index (κ2) is 14.3. The molecule has 0 saturated heterocycles. The summed E-state index contributed by atoms with van der Waals surface area (Å²) in [5.74, 6) is 0.541. The third-order valence-electron chi connectivity index (χ3n) is 12.2. The van der Waals surface area contributed by atoms with Crippen LogP contribution in [0.2, 0.25) is 0 Å². The lowest BCUT2D eigenvalue weighted by molar-refractivity contribution is 0.639. The molecule has 5 nitrogen and oxygen atoms in total. The van der Waals surface area contributed by atoms with Crippen molar-refractivity contribution in [3.63, 3.8) is 0 Å². The number of fused-ring (bicyclic) bond motifs is 6. The summed E-state index contributed by atoms with van der Waals surface area (Å²) in [6, 6.07) is 70.1. The molecule has 1 aliphatic heterocycles. The Bertz CT molecular complexity index is 3220. The lowest BCUT2D eigenvalue weighted by Gasteiger charge is -2.36. The van der Waals surface area contributed by atoms with Gasteiger partial charge < -0.3 is 9.88 Å². The minimum absolute atomic E-state index is 0.209. The molecule has 0 amide bonds. The van der Waals surface area contributed by atoms with E-state index in [9.17, 15) is 5.26 Å². The Morgan fingerprint density at radius 3 is 1.59 bits per heavy atom. The maximum absolute atomic E-state index is 10.7. The van der Waals surface area contributed by atoms with E-state index in [1.165, 1.54) is 21.9 Å². The topological polar surface area (TPSA) is 66.5 Å². The number of anilines is 2. The monoisotopic (exact) mass is 781 g/mol. The maximum Gasteiger partial charge on any atom is 0.160 e. The molecular formula is C56H39N5. The van der Waals surface area contributed by atoms with Gasteiger partial charge in [-0.15, -0.1) is 0 Å². The second-order valence-corrected chi connectivity index (χ2v) is 16.1. The fourth-order valence-corrected chi connectivity index (χ4v) is 9.35. The number of hydrogen-bond acceptors (Lipinski definition) is 4. The summed E-state index contributed by atoms with van der Waals surface area (Å²) in [7, 11) is 0. The van der Waals surface area contributed by atoms with Crippen LogP contribution in [0.3, 0.4) is 0 Å². The molecule has 288 valence electrons. The van der Waals surface area contributed by atoms with Crippen LogP contribution in [-0.2, 0) is 5.41 Å². The van der Waals surface area contributed by atoms with Crippen molar-refractivity contribution in [2.45, 2.75) is 19.3 Å². The normalized spacial score (nSPS) is 12.7. The maximum atomic E-state index is 10.7. The quantitative estimate of drug-likeness (QED) is 0.182. The average molecular weight is 782 g/mol. The summed E-state index contributed by atoms with van der Waals surface area (Å²) in [5.41, 5.74) is 16.3. The van der Waals surface area contributed by atoms with Gasteiger partial charge in [0.15, 0.2) is 5.82 Å². The van der Waals surface area contributed by atoms with E-state index in [2.05, 4.69) is 163 Å². The number of rotatable bonds is 6. The van der Waals surface area contributed by atoms with Crippen LogP contribution in [0.5, 0.6) is 0 Å². The zero-order valence-corrected chi connectivity index (χ0v) is 33.8. The second-order valence-electron chi connectivity index (χ2n) is 16.1. The van der Waals surface area contributed by atoms with E-state index in [4.69, 9.17) is 9.97 Å². The highest BCUT2D eigenvalue weighted by atomic mass is 15.0. The van der Waals surface area contributed by atoms with Gasteiger partial charge in [-0.25, -0.2) is 9.97 Å². The predicted molar refractivity (Wildman–Crippen MR) is 250 cm³/mol. The van der Waals surface area contributed by atoms with Crippen molar-refractivity contribution in [3.05, 3.63) is 211 Å². The van der Waals surface area contributed by atoms with Crippen molar-refractivity contribution in [3.8, 4) is 67.9 Å². The van der Waals surface area contributed by atoms with Crippen molar-refractivity contribution in [1.82, 2.24) is 14.5 Å². The first-order chi connectivity index (χ1) is 30.0. The van der Waals surface area contributed by atoms with Crippen LogP contribution in [-0.4, -0.2) is 14.5 Å². The van der Waals surface area contributed by atoms with Crippen LogP contribution in [0.4, 0.5) is 11.4 Å². The average Bonchev–Trinajstić information content (AvgIpc) is 3.66. The Hall–Kier alpha value is -8.07. The lowest BCUT2D eigenvalue weighted by Crippen LogP contribution is -2.26. The predicted octanol–water partition coefficient (Wildman–Crippen LogP) is 14.2. The van der Waals surface area contributed by atoms with Gasteiger partial charge in [0, 0.05) is 49.7 Å². The molecule has 0 saturated carbocycles. The van der Waals surface area contributed by atoms with E-state index >= 15 is 0 Å². The van der Waals surface area contributed by atoms with Gasteiger partial charge in [0.05, 0.1) is 33.8 Å². The molecule has 0 aliphatic carbocycles. The Morgan fingerprint density at radius 1 is 0.508 bits per heavy atom. The summed E-state index contributed by atoms with van der Waals surface area (Å²) >= 11 is 0. The third kappa shape index (κ3) is 5.84. The van der Waals surface area contributed by atoms with E-state index < -0.39 is 0 Å². The smallest absolute Gasteiger partial charge is 0.160 e. The Labute approximate surface area is 354 Å². The molecule has 2 aromatic heterocycles. The number of para-hydroxylation sites is 2. The third-order valence-corrected chi connectivity index (χ3v) is 12.2. The zero-order chi connectivity index (χ0) is 41.1. The van der Waals surface area contributed by atoms with Gasteiger partial charge >= 0.3 is 0 Å². The molecule has 3 heterocycles. The van der Waals surface area contributed by atoms with Gasteiger partial charge in [0.1, 0.15) is 11.6 Å². The van der Waals surface area contributed by atoms with Crippen molar-refractivity contribution in [2.24, 2.45) is 0 Å². The van der Waals surface area contributed by atoms with E-state index in [1.54, 1.807) is 0 Å². The number of aromatic nitrogens is 3. The molecule has 0 radical (unpaired) electrons. The van der Waals surface area contributed by atoms with Crippen LogP contribution in [0.25, 0.3) is 83.6 Å². The molecule has 0 bridgehead atoms. The number of nitrogens with one attached hydrogen (secondary N) is 1. The van der Waals surface area contributed by atoms with Gasteiger partial charge in [-0.3, -0.25) is 0 Å². The van der Waals surface area contributed by atoms with Crippen molar-refractivity contribution in [1.29, 1.82) is 5.26 Å². The number of benzene rings is 8. The van der Waals surface area contributed by atoms with Crippen LogP contribution in [0.1, 0.15) is 30.5 Å². The van der Waals surface area contributed by atoms with Gasteiger partial charge in [-0.1, -0.05) is 178 Å². The molecule has 10 aromatic rings. The SMILES string of the molecule is CC1(C)c2ccccc2Nc2c1ccc1c2c2ccccc2n1-c1c(-c2ccccc2)cc(-c2nc(-c3ccccc3)c(C#N)c(-c3ccccc3)n2)cc1-c1ccccc1. The largest absolute Gasteiger partial charge is 0.354 e. The molecular weight excluding hydrogens is 743 g/mol. The number of nitrogens with zero attached hydrogens (tertiary/aromatic N) is 4. The minimum Gasteiger partial charge on any atom is -0.354 e. The van der Waals surface area contributed by atoms with Crippen LogP contribution in [0, 0.1) is 11.3 Å². The Balaban J connectivity index is 1.26. The Kier molecular flexibility index (Phi) is 8.47. The highest BCUT2D eigenvalue weighted by Crippen LogP contribution is 2.51. The number of nitriles is 1. The molecule has 0 fully saturated rings. The van der Waals surface area contributed by atoms with Crippen LogP contribution >= 0.6 is 0 Å². The summed E-state index contributed by atoms with van der Waals surface area (Å²) in [5, 5.41) is 17.0. The standard InChI is InChI=1S/C56H39N5/c1-56(2)45-28-16-17-29-47(45)58-53-46(56)31-32-49-50(53)41-27-15-18-30-48(41)61(49)54-42(36-19-7-3-8-20-36)33-40(34-43(54)37-21-9-4-10-22-37)55-59-51(38-23-11-5-12-24-38)44(35-57)52(60-55)39-25-13-6-14-26-39/h3-34,58H,1-2H3. The van der Waals surface area contributed by atoms with Crippen molar-refractivity contribution < 1.29 is 0 Å². The molecule has 0 atom stereocenters. The highest BCUT2D eigenvalue weighted by molar-refractivity contribution is 6.18. The zero-order valence-electron chi connectivity index (χ0n) is 33.8. The first kappa shape index (κ1) is 36.0. The highest BCUT2D eigenvalue weighted by Gasteiger charge is 2.35. The van der Waals surface area contributed by atoms with Crippen LogP contribution in [0.15, 0.2) is 194 Å². The molecule has 1 N–H and O–H groups in total. The summed E-state index contributed by atoms with van der Waals surface area (Å²) in [6.07, 6.45) is 0. The van der Waals surface area contributed by atoms with Crippen LogP contribution < -0.4 is 5.32 Å². The van der Waals surface area contributed by atoms with E-state index in [0.717, 1.165) is 67.0 Å². The number of hydrogen-bond donors (Lipinski definition) is 1. The van der Waals surface area contributed by atoms with E-state index in [-0.39, 0.29) is 5.41 Å². The molecule has 11 rings (SSSR count). The van der Waals surface area contributed by atoms with E-state index in [0.29, 0.717) is 22.8 Å². The summed E-state index contributed by atoms with van der Waals surface area (Å²) in [4.78, 5) is 10.5. The summed E-state index contributed by atoms with van der Waals surface area (Å²) < 4.78 is 2.46. The first-order valence-corrected chi connectivity index (χ1v) is 20.7. The molecule has 61 heavy (non-hydrogen) atoms. The molecule has 1 aliphatic rings. The molecule has 0 spiro atoms. The fourth-order valence-electron chi connectivity index (χ4n) is 9.35. The van der Waals surface area contributed by atoms with Gasteiger partial charge in [0.25, 0.3) is 0 Å². The molecule has 5 heteroatoms. The summed E-state index contributed by atoms with van der Waals surface area (Å²) in [6.45, 7) is 4.65.